The topological polar surface area (TPSA) is 37.3 Å². The fourth-order valence-electron chi connectivity index (χ4n) is 2.04. The molecule has 0 bridgehead atoms. The molecule has 1 N–H and O–H groups in total. The smallest absolute Gasteiger partial charge is 0.140 e. The summed E-state index contributed by atoms with van der Waals surface area (Å²) in [5.74, 6) is -0.184. The van der Waals surface area contributed by atoms with Crippen molar-refractivity contribution < 1.29 is 14.3 Å². The number of aliphatic hydroxyl groups is 1. The van der Waals surface area contributed by atoms with Crippen molar-refractivity contribution in [3.8, 4) is 0 Å². The van der Waals surface area contributed by atoms with Gasteiger partial charge in [0.15, 0.2) is 0 Å². The third-order valence-corrected chi connectivity index (χ3v) is 3.13. The maximum absolute atomic E-state index is 13.4. The summed E-state index contributed by atoms with van der Waals surface area (Å²) in [7, 11) is 0. The summed E-state index contributed by atoms with van der Waals surface area (Å²) < 4.78 is 13.4. The Balaban J connectivity index is 2.17. The fraction of sp³-hybridized carbons (Fsp3) is 0.357. The monoisotopic (exact) mass is 234 g/mol. The molecular weight excluding hydrogens is 219 g/mol. The van der Waals surface area contributed by atoms with E-state index in [1.54, 1.807) is 19.1 Å². The molecule has 2 rings (SSSR count). The van der Waals surface area contributed by atoms with Crippen molar-refractivity contribution >= 4 is 5.78 Å². The van der Waals surface area contributed by atoms with E-state index < -0.39 is 0 Å². The van der Waals surface area contributed by atoms with Gasteiger partial charge in [0.25, 0.3) is 0 Å². The van der Waals surface area contributed by atoms with E-state index in [4.69, 9.17) is 0 Å². The molecule has 3 heteroatoms. The average Bonchev–Trinajstić information content (AvgIpc) is 2.29. The van der Waals surface area contributed by atoms with Crippen LogP contribution in [0.5, 0.6) is 0 Å². The van der Waals surface area contributed by atoms with Gasteiger partial charge < -0.3 is 5.11 Å². The van der Waals surface area contributed by atoms with Gasteiger partial charge in [0, 0.05) is 18.8 Å². The molecule has 2 nitrogen and oxygen atoms in total. The molecule has 1 unspecified atom stereocenters. The van der Waals surface area contributed by atoms with E-state index >= 15 is 0 Å². The lowest BCUT2D eigenvalue weighted by atomic mass is 9.88. The van der Waals surface area contributed by atoms with Crippen molar-refractivity contribution in [3.63, 3.8) is 0 Å². The van der Waals surface area contributed by atoms with Crippen LogP contribution in [-0.2, 0) is 11.2 Å². The quantitative estimate of drug-likeness (QED) is 0.853. The van der Waals surface area contributed by atoms with Crippen molar-refractivity contribution in [2.45, 2.75) is 26.2 Å². The van der Waals surface area contributed by atoms with Crippen LogP contribution in [0.4, 0.5) is 4.39 Å². The first-order chi connectivity index (χ1) is 8.06. The van der Waals surface area contributed by atoms with Gasteiger partial charge in [-0.3, -0.25) is 4.79 Å². The van der Waals surface area contributed by atoms with Crippen LogP contribution in [-0.4, -0.2) is 10.9 Å². The van der Waals surface area contributed by atoms with Crippen LogP contribution >= 0.6 is 0 Å². The normalized spacial score (nSPS) is 20.2. The first kappa shape index (κ1) is 11.8. The zero-order chi connectivity index (χ0) is 12.4. The number of Topliss-reactive ketones (excluding diaryl/α,β-unsaturated/α-hetero) is 1. The van der Waals surface area contributed by atoms with Gasteiger partial charge in [0.2, 0.25) is 0 Å². The Morgan fingerprint density at radius 2 is 2.18 bits per heavy atom. The fourth-order valence-corrected chi connectivity index (χ4v) is 2.04. The largest absolute Gasteiger partial charge is 0.513 e. The minimum absolute atomic E-state index is 0.115. The van der Waals surface area contributed by atoms with Gasteiger partial charge >= 0.3 is 0 Å². The summed E-state index contributed by atoms with van der Waals surface area (Å²) in [5.41, 5.74) is 1.39. The number of carbonyl (C=O) groups excluding carboxylic acids is 1. The number of hydrogen-bond acceptors (Lipinski definition) is 2. The molecule has 90 valence electrons. The molecule has 1 aromatic carbocycles. The molecule has 0 aromatic heterocycles. The number of aliphatic hydroxyl groups excluding tert-OH is 1. The second-order valence-corrected chi connectivity index (χ2v) is 4.52. The third kappa shape index (κ3) is 2.73. The molecule has 0 heterocycles. The van der Waals surface area contributed by atoms with E-state index in [0.29, 0.717) is 24.8 Å². The second kappa shape index (κ2) is 4.70. The number of halogens is 1. The second-order valence-electron chi connectivity index (χ2n) is 4.52. The number of ketones is 1. The summed E-state index contributed by atoms with van der Waals surface area (Å²) in [6, 6.07) is 4.99. The average molecular weight is 234 g/mol. The maximum atomic E-state index is 13.4. The molecule has 1 atom stereocenters. The number of hydrogen-bond donors (Lipinski definition) is 1. The van der Waals surface area contributed by atoms with E-state index in [1.165, 1.54) is 6.07 Å². The van der Waals surface area contributed by atoms with Gasteiger partial charge in [0.1, 0.15) is 11.6 Å². The van der Waals surface area contributed by atoms with Crippen LogP contribution in [0, 0.1) is 18.7 Å². The Hall–Kier alpha value is -1.64. The Labute approximate surface area is 99.8 Å². The zero-order valence-corrected chi connectivity index (χ0v) is 9.74. The Morgan fingerprint density at radius 3 is 2.88 bits per heavy atom. The van der Waals surface area contributed by atoms with Gasteiger partial charge in [-0.25, -0.2) is 4.39 Å². The van der Waals surface area contributed by atoms with E-state index in [0.717, 1.165) is 5.56 Å². The van der Waals surface area contributed by atoms with Crippen LogP contribution in [0.2, 0.25) is 0 Å². The molecule has 17 heavy (non-hydrogen) atoms. The van der Waals surface area contributed by atoms with Gasteiger partial charge in [-0.15, -0.1) is 0 Å². The summed E-state index contributed by atoms with van der Waals surface area (Å²) in [5, 5.41) is 9.41. The predicted octanol–water partition coefficient (Wildman–Crippen LogP) is 3.10. The van der Waals surface area contributed by atoms with E-state index in [9.17, 15) is 14.3 Å². The summed E-state index contributed by atoms with van der Waals surface area (Å²) >= 11 is 0. The summed E-state index contributed by atoms with van der Waals surface area (Å²) in [6.07, 6.45) is 2.85. The molecule has 0 fully saturated rings. The molecule has 0 saturated carbocycles. The zero-order valence-electron chi connectivity index (χ0n) is 9.74. The Kier molecular flexibility index (Phi) is 3.27. The molecule has 0 saturated heterocycles. The first-order valence-corrected chi connectivity index (χ1v) is 5.73. The third-order valence-electron chi connectivity index (χ3n) is 3.13. The minimum Gasteiger partial charge on any atom is -0.513 e. The molecule has 0 amide bonds. The molecule has 0 aliphatic heterocycles. The van der Waals surface area contributed by atoms with E-state index in [-0.39, 0.29) is 23.3 Å². The van der Waals surface area contributed by atoms with Crippen LogP contribution in [0.15, 0.2) is 30.0 Å². The number of carbonyl (C=O) groups is 1. The van der Waals surface area contributed by atoms with Gasteiger partial charge in [-0.05, 0) is 36.6 Å². The van der Waals surface area contributed by atoms with Gasteiger partial charge in [-0.1, -0.05) is 12.1 Å². The van der Waals surface area contributed by atoms with Crippen molar-refractivity contribution in [1.29, 1.82) is 0 Å². The molecule has 1 aliphatic carbocycles. The molecule has 1 aromatic rings. The highest BCUT2D eigenvalue weighted by Gasteiger charge is 2.22. The maximum Gasteiger partial charge on any atom is 0.140 e. The van der Waals surface area contributed by atoms with Crippen molar-refractivity contribution in [2.75, 3.05) is 0 Å². The highest BCUT2D eigenvalue weighted by Crippen LogP contribution is 2.22. The molecule has 1 aliphatic rings. The van der Waals surface area contributed by atoms with Crippen molar-refractivity contribution in [1.82, 2.24) is 0 Å². The summed E-state index contributed by atoms with van der Waals surface area (Å²) in [4.78, 5) is 11.6. The number of allylic oxidation sites excluding steroid dienone is 2. The van der Waals surface area contributed by atoms with E-state index in [2.05, 4.69) is 0 Å². The number of aryl methyl sites for hydroxylation is 1. The molecule has 0 radical (unpaired) electrons. The Bertz CT molecular complexity index is 477. The van der Waals surface area contributed by atoms with Crippen LogP contribution in [0.1, 0.15) is 24.0 Å². The number of rotatable bonds is 2. The van der Waals surface area contributed by atoms with E-state index in [1.807, 2.05) is 6.07 Å². The first-order valence-electron chi connectivity index (χ1n) is 5.73. The van der Waals surface area contributed by atoms with Crippen molar-refractivity contribution in [3.05, 3.63) is 47.0 Å². The molecular formula is C14H15FO2. The van der Waals surface area contributed by atoms with Crippen LogP contribution in [0.25, 0.3) is 0 Å². The van der Waals surface area contributed by atoms with Gasteiger partial charge in [0.05, 0.1) is 5.76 Å². The highest BCUT2D eigenvalue weighted by atomic mass is 19.1. The SMILES string of the molecule is Cc1ccc(CC2C=C(O)CCC2=O)cc1F. The lowest BCUT2D eigenvalue weighted by molar-refractivity contribution is -0.122. The standard InChI is InChI=1S/C14H15FO2/c1-9-2-3-10(7-13(9)15)6-11-8-12(16)4-5-14(11)17/h2-3,7-8,11,16H,4-6H2,1H3. The Morgan fingerprint density at radius 1 is 1.41 bits per heavy atom. The predicted molar refractivity (Wildman–Crippen MR) is 63.3 cm³/mol. The van der Waals surface area contributed by atoms with Crippen LogP contribution < -0.4 is 0 Å². The lowest BCUT2D eigenvalue weighted by Crippen LogP contribution is -2.19. The van der Waals surface area contributed by atoms with Crippen molar-refractivity contribution in [2.24, 2.45) is 5.92 Å². The lowest BCUT2D eigenvalue weighted by Gasteiger charge is -2.17. The highest BCUT2D eigenvalue weighted by molar-refractivity contribution is 5.84. The van der Waals surface area contributed by atoms with Crippen LogP contribution in [0.3, 0.4) is 0 Å². The van der Waals surface area contributed by atoms with Gasteiger partial charge in [-0.2, -0.15) is 0 Å². The minimum atomic E-state index is -0.314. The molecule has 0 spiro atoms. The summed E-state index contributed by atoms with van der Waals surface area (Å²) in [6.45, 7) is 1.70. The number of benzene rings is 1.